The molecule has 3 aromatic carbocycles. The molecule has 0 fully saturated rings. The van der Waals surface area contributed by atoms with Crippen molar-refractivity contribution in [3.63, 3.8) is 0 Å². The number of carbonyl (C=O) groups is 2. The number of aromatic nitrogens is 1. The van der Waals surface area contributed by atoms with Crippen LogP contribution >= 0.6 is 0 Å². The number of benzene rings is 3. The van der Waals surface area contributed by atoms with Gasteiger partial charge >= 0.3 is 0 Å². The van der Waals surface area contributed by atoms with Gasteiger partial charge in [0.1, 0.15) is 11.5 Å². The average molecular weight is 495 g/mol. The summed E-state index contributed by atoms with van der Waals surface area (Å²) in [5.74, 6) is -0.937. The van der Waals surface area contributed by atoms with Crippen LogP contribution in [-0.2, 0) is 16.0 Å². The zero-order chi connectivity index (χ0) is 25.9. The molecule has 1 atom stereocenters. The third kappa shape index (κ3) is 4.71. The van der Waals surface area contributed by atoms with Gasteiger partial charge < -0.3 is 24.8 Å². The van der Waals surface area contributed by atoms with E-state index in [1.54, 1.807) is 25.3 Å². The van der Waals surface area contributed by atoms with E-state index in [1.807, 2.05) is 54.7 Å². The Bertz CT molecular complexity index is 1530. The molecule has 5 rings (SSSR count). The minimum Gasteiger partial charge on any atom is -0.508 e. The minimum absolute atomic E-state index is 0.00615. The lowest BCUT2D eigenvalue weighted by Gasteiger charge is -2.26. The highest BCUT2D eigenvalue weighted by Crippen LogP contribution is 2.39. The first kappa shape index (κ1) is 23.9. The summed E-state index contributed by atoms with van der Waals surface area (Å²) in [7, 11) is 1.61. The van der Waals surface area contributed by atoms with Crippen LogP contribution in [0.15, 0.2) is 96.4 Å². The Kier molecular flexibility index (Phi) is 6.51. The molecule has 0 aliphatic carbocycles. The molecular formula is C30H26N2O5. The fraction of sp³-hybridized carbons (Fsp3) is 0.133. The normalized spacial score (nSPS) is 15.8. The lowest BCUT2D eigenvalue weighted by molar-refractivity contribution is -0.129. The van der Waals surface area contributed by atoms with E-state index in [-0.39, 0.29) is 17.9 Å². The van der Waals surface area contributed by atoms with E-state index >= 15 is 0 Å². The number of methoxy groups -OCH3 is 1. The molecule has 3 N–H and O–H groups in total. The first-order valence-electron chi connectivity index (χ1n) is 11.9. The summed E-state index contributed by atoms with van der Waals surface area (Å²) in [4.78, 5) is 31.2. The summed E-state index contributed by atoms with van der Waals surface area (Å²) < 4.78 is 5.35. The van der Waals surface area contributed by atoms with Crippen molar-refractivity contribution in [3.8, 4) is 11.5 Å². The third-order valence-electron chi connectivity index (χ3n) is 6.58. The van der Waals surface area contributed by atoms with Gasteiger partial charge in [-0.3, -0.25) is 9.59 Å². The van der Waals surface area contributed by atoms with E-state index in [4.69, 9.17) is 4.74 Å². The van der Waals surface area contributed by atoms with E-state index in [2.05, 4.69) is 4.98 Å². The molecule has 186 valence electrons. The number of phenolic OH excluding ortho intramolecular Hbond substituents is 1. The molecular weight excluding hydrogens is 468 g/mol. The Morgan fingerprint density at radius 1 is 1.05 bits per heavy atom. The van der Waals surface area contributed by atoms with Crippen LogP contribution in [0.5, 0.6) is 11.5 Å². The van der Waals surface area contributed by atoms with Crippen LogP contribution in [0.3, 0.4) is 0 Å². The monoisotopic (exact) mass is 494 g/mol. The van der Waals surface area contributed by atoms with Gasteiger partial charge in [0.05, 0.1) is 18.7 Å². The number of aliphatic hydroxyl groups is 1. The molecule has 37 heavy (non-hydrogen) atoms. The van der Waals surface area contributed by atoms with Crippen LogP contribution in [0.4, 0.5) is 0 Å². The number of H-pyrrole nitrogens is 1. The molecule has 1 amide bonds. The Labute approximate surface area is 213 Å². The van der Waals surface area contributed by atoms with Crippen molar-refractivity contribution in [1.29, 1.82) is 0 Å². The summed E-state index contributed by atoms with van der Waals surface area (Å²) in [6.45, 7) is 0.243. The Morgan fingerprint density at radius 3 is 2.62 bits per heavy atom. The van der Waals surface area contributed by atoms with Gasteiger partial charge in [0.2, 0.25) is 0 Å². The molecule has 0 saturated heterocycles. The SMILES string of the molecule is COc1ccc2[nH]cc(CCN3C(=O)C(O)=C(C(=O)/C=C/c4ccccc4)[C@H]3c3cccc(O)c3)c2c1. The average Bonchev–Trinajstić information content (AvgIpc) is 3.44. The number of fused-ring (bicyclic) bond motifs is 1. The maximum atomic E-state index is 13.3. The van der Waals surface area contributed by atoms with Crippen molar-refractivity contribution < 1.29 is 24.5 Å². The second-order valence-corrected chi connectivity index (χ2v) is 8.84. The smallest absolute Gasteiger partial charge is 0.290 e. The quantitative estimate of drug-likeness (QED) is 0.296. The fourth-order valence-corrected chi connectivity index (χ4v) is 4.74. The van der Waals surface area contributed by atoms with Gasteiger partial charge in [-0.25, -0.2) is 0 Å². The highest BCUT2D eigenvalue weighted by molar-refractivity contribution is 6.14. The van der Waals surface area contributed by atoms with Gasteiger partial charge in [0.15, 0.2) is 11.5 Å². The number of nitrogens with one attached hydrogen (secondary N) is 1. The van der Waals surface area contributed by atoms with E-state index in [0.717, 1.165) is 27.8 Å². The number of amides is 1. The molecule has 0 unspecified atom stereocenters. The van der Waals surface area contributed by atoms with Crippen LogP contribution in [0.2, 0.25) is 0 Å². The summed E-state index contributed by atoms with van der Waals surface area (Å²) in [5, 5.41) is 21.9. The molecule has 0 saturated carbocycles. The topological polar surface area (TPSA) is 103 Å². The maximum Gasteiger partial charge on any atom is 0.290 e. The van der Waals surface area contributed by atoms with E-state index in [1.165, 1.54) is 23.1 Å². The van der Waals surface area contributed by atoms with Gasteiger partial charge in [0, 0.05) is 23.6 Å². The molecule has 1 aliphatic rings. The van der Waals surface area contributed by atoms with E-state index in [0.29, 0.717) is 12.0 Å². The number of carbonyl (C=O) groups excluding carboxylic acids is 2. The molecule has 1 aromatic heterocycles. The summed E-state index contributed by atoms with van der Waals surface area (Å²) in [6, 6.07) is 20.6. The van der Waals surface area contributed by atoms with Crippen molar-refractivity contribution in [2.75, 3.05) is 13.7 Å². The predicted molar refractivity (Wildman–Crippen MR) is 141 cm³/mol. The minimum atomic E-state index is -0.840. The predicted octanol–water partition coefficient (Wildman–Crippen LogP) is 5.10. The second-order valence-electron chi connectivity index (χ2n) is 8.84. The molecule has 1 aliphatic heterocycles. The van der Waals surface area contributed by atoms with E-state index in [9.17, 15) is 19.8 Å². The van der Waals surface area contributed by atoms with Gasteiger partial charge in [-0.1, -0.05) is 48.5 Å². The first-order valence-corrected chi connectivity index (χ1v) is 11.9. The number of aliphatic hydroxyl groups excluding tert-OH is 1. The van der Waals surface area contributed by atoms with Crippen molar-refractivity contribution >= 4 is 28.7 Å². The number of phenols is 1. The Hall–Kier alpha value is -4.78. The summed E-state index contributed by atoms with van der Waals surface area (Å²) in [6.07, 6.45) is 5.37. The van der Waals surface area contributed by atoms with Gasteiger partial charge in [-0.2, -0.15) is 0 Å². The highest BCUT2D eigenvalue weighted by Gasteiger charge is 2.42. The lowest BCUT2D eigenvalue weighted by atomic mass is 9.95. The van der Waals surface area contributed by atoms with Crippen LogP contribution < -0.4 is 4.74 Å². The maximum absolute atomic E-state index is 13.3. The molecule has 2 heterocycles. The number of aromatic hydroxyl groups is 1. The standard InChI is InChI=1S/C30H26N2O5/c1-37-23-11-12-25-24(17-23)21(18-31-25)14-15-32-28(20-8-5-9-22(33)16-20)27(29(35)30(32)36)26(34)13-10-19-6-3-2-4-7-19/h2-13,16-18,28,31,33,35H,14-15H2,1H3/b13-10+/t28-/m1/s1. The number of nitrogens with zero attached hydrogens (tertiary/aromatic N) is 1. The zero-order valence-corrected chi connectivity index (χ0v) is 20.2. The number of aromatic amines is 1. The fourth-order valence-electron chi connectivity index (χ4n) is 4.74. The third-order valence-corrected chi connectivity index (χ3v) is 6.58. The van der Waals surface area contributed by atoms with Gasteiger partial charge in [-0.05, 0) is 59.5 Å². The number of ketones is 1. The van der Waals surface area contributed by atoms with Crippen molar-refractivity contribution in [2.45, 2.75) is 12.5 Å². The van der Waals surface area contributed by atoms with Crippen molar-refractivity contribution in [1.82, 2.24) is 9.88 Å². The van der Waals surface area contributed by atoms with Crippen LogP contribution in [0, 0.1) is 0 Å². The Balaban J connectivity index is 1.47. The number of ether oxygens (including phenoxy) is 1. The summed E-state index contributed by atoms with van der Waals surface area (Å²) in [5.41, 5.74) is 3.26. The van der Waals surface area contributed by atoms with E-state index < -0.39 is 23.5 Å². The van der Waals surface area contributed by atoms with Crippen molar-refractivity contribution in [2.24, 2.45) is 0 Å². The highest BCUT2D eigenvalue weighted by atomic mass is 16.5. The van der Waals surface area contributed by atoms with Crippen molar-refractivity contribution in [3.05, 3.63) is 113 Å². The number of hydrogen-bond acceptors (Lipinski definition) is 5. The molecule has 7 nitrogen and oxygen atoms in total. The molecule has 0 spiro atoms. The molecule has 0 bridgehead atoms. The molecule has 7 heteroatoms. The second kappa shape index (κ2) is 10.1. The number of rotatable bonds is 8. The molecule has 0 radical (unpaired) electrons. The van der Waals surface area contributed by atoms with Crippen LogP contribution in [0.25, 0.3) is 17.0 Å². The lowest BCUT2D eigenvalue weighted by Crippen LogP contribution is -2.33. The molecule has 4 aromatic rings. The largest absolute Gasteiger partial charge is 0.508 e. The number of allylic oxidation sites excluding steroid dienone is 1. The summed E-state index contributed by atoms with van der Waals surface area (Å²) >= 11 is 0. The Morgan fingerprint density at radius 2 is 1.86 bits per heavy atom. The van der Waals surface area contributed by atoms with Crippen LogP contribution in [-0.4, -0.2) is 45.4 Å². The van der Waals surface area contributed by atoms with Gasteiger partial charge in [0.25, 0.3) is 5.91 Å². The number of hydrogen-bond donors (Lipinski definition) is 3. The van der Waals surface area contributed by atoms with Gasteiger partial charge in [-0.15, -0.1) is 0 Å². The van der Waals surface area contributed by atoms with Crippen LogP contribution in [0.1, 0.15) is 22.7 Å². The zero-order valence-electron chi connectivity index (χ0n) is 20.2. The first-order chi connectivity index (χ1) is 18.0.